The van der Waals surface area contributed by atoms with Crippen LogP contribution in [-0.2, 0) is 0 Å². The van der Waals surface area contributed by atoms with Crippen molar-refractivity contribution in [2.75, 3.05) is 0 Å². The van der Waals surface area contributed by atoms with Gasteiger partial charge in [-0.3, -0.25) is 0 Å². The van der Waals surface area contributed by atoms with Crippen LogP contribution in [0.25, 0.3) is 0 Å². The second-order valence-electron chi connectivity index (χ2n) is 16.1. The van der Waals surface area contributed by atoms with Crippen molar-refractivity contribution in [3.05, 3.63) is 70.5 Å². The van der Waals surface area contributed by atoms with E-state index in [9.17, 15) is 0 Å². The van der Waals surface area contributed by atoms with Crippen LogP contribution in [0.3, 0.4) is 0 Å². The Bertz CT molecular complexity index is 1160. The van der Waals surface area contributed by atoms with Crippen LogP contribution in [0.15, 0.2) is 44.0 Å². The number of furan rings is 3. The molecule has 3 aromatic heterocycles. The topological polar surface area (TPSA) is 39.4 Å². The molecule has 3 aromatic rings. The zero-order chi connectivity index (χ0) is 34.1. The van der Waals surface area contributed by atoms with Crippen LogP contribution in [0.4, 0.5) is 0 Å². The molecule has 0 radical (unpaired) electrons. The number of hydrogen-bond donors (Lipinski definition) is 0. The zero-order valence-electron chi connectivity index (χ0n) is 32.0. The number of aryl methyl sites for hydroxylation is 2. The molecule has 0 unspecified atom stereocenters. The van der Waals surface area contributed by atoms with Gasteiger partial charge in [0.1, 0.15) is 23.0 Å². The first kappa shape index (κ1) is 39.9. The molecule has 3 rings (SSSR count). The zero-order valence-corrected chi connectivity index (χ0v) is 32.0. The van der Waals surface area contributed by atoms with Crippen LogP contribution in [0.2, 0.25) is 0 Å². The van der Waals surface area contributed by atoms with Crippen LogP contribution in [-0.4, -0.2) is 0 Å². The average Bonchev–Trinajstić information content (AvgIpc) is 3.60. The Morgan fingerprint density at radius 1 is 0.591 bits per heavy atom. The molecule has 3 nitrogen and oxygen atoms in total. The van der Waals surface area contributed by atoms with Crippen molar-refractivity contribution < 1.29 is 13.3 Å². The molecular formula is C41H70O3. The lowest BCUT2D eigenvalue weighted by Crippen LogP contribution is -2.22. The van der Waals surface area contributed by atoms with E-state index in [2.05, 4.69) is 136 Å². The lowest BCUT2D eigenvalue weighted by atomic mass is 9.73. The lowest BCUT2D eigenvalue weighted by molar-refractivity contribution is 0.224. The van der Waals surface area contributed by atoms with Crippen molar-refractivity contribution in [2.45, 2.75) is 161 Å². The highest BCUT2D eigenvalue weighted by atomic mass is 16.3. The predicted octanol–water partition coefficient (Wildman–Crippen LogP) is 14.0. The SMILES string of the molecule is CC(C)c1coc([C@H](C(C)C)C(C)(C)C)c1.CC[C@H](c1cc(C(C)C)co1)C(C)C.Cc1cc(C(C(C)C)C(C)C)oc1C. The molecule has 2 atom stereocenters. The third-order valence-corrected chi connectivity index (χ3v) is 9.08. The summed E-state index contributed by atoms with van der Waals surface area (Å²) in [6, 6.07) is 6.65. The number of rotatable bonds is 10. The van der Waals surface area contributed by atoms with E-state index in [1.54, 1.807) is 0 Å². The van der Waals surface area contributed by atoms with E-state index in [-0.39, 0.29) is 5.41 Å². The molecule has 3 heterocycles. The third kappa shape index (κ3) is 11.6. The second kappa shape index (κ2) is 17.5. The van der Waals surface area contributed by atoms with E-state index in [0.717, 1.165) is 29.5 Å². The molecule has 0 aromatic carbocycles. The first-order valence-corrected chi connectivity index (χ1v) is 17.5. The highest BCUT2D eigenvalue weighted by Gasteiger charge is 2.31. The normalized spacial score (nSPS) is 13.7. The van der Waals surface area contributed by atoms with Gasteiger partial charge in [-0.05, 0) is 96.1 Å². The maximum Gasteiger partial charge on any atom is 0.108 e. The summed E-state index contributed by atoms with van der Waals surface area (Å²) in [6.07, 6.45) is 4.98. The van der Waals surface area contributed by atoms with Gasteiger partial charge >= 0.3 is 0 Å². The Hall–Kier alpha value is -2.16. The molecule has 0 aliphatic heterocycles. The summed E-state index contributed by atoms with van der Waals surface area (Å²) in [7, 11) is 0. The molecule has 0 saturated carbocycles. The van der Waals surface area contributed by atoms with E-state index in [4.69, 9.17) is 13.3 Å². The van der Waals surface area contributed by atoms with Crippen molar-refractivity contribution in [3.8, 4) is 0 Å². The first-order chi connectivity index (χ1) is 20.2. The fraction of sp³-hybridized carbons (Fsp3) is 0.707. The van der Waals surface area contributed by atoms with Gasteiger partial charge in [0.15, 0.2) is 0 Å². The molecule has 252 valence electrons. The van der Waals surface area contributed by atoms with Crippen LogP contribution in [0.5, 0.6) is 0 Å². The molecular weight excluding hydrogens is 540 g/mol. The van der Waals surface area contributed by atoms with Gasteiger partial charge in [0.05, 0.1) is 12.5 Å². The third-order valence-electron chi connectivity index (χ3n) is 9.08. The quantitative estimate of drug-likeness (QED) is 0.229. The Balaban J connectivity index is 0.000000331. The predicted molar refractivity (Wildman–Crippen MR) is 191 cm³/mol. The maximum atomic E-state index is 5.80. The maximum absolute atomic E-state index is 5.80. The lowest BCUT2D eigenvalue weighted by Gasteiger charge is -2.32. The minimum absolute atomic E-state index is 0.250. The molecule has 3 heteroatoms. The monoisotopic (exact) mass is 611 g/mol. The molecule has 0 bridgehead atoms. The van der Waals surface area contributed by atoms with Gasteiger partial charge in [-0.1, -0.05) is 111 Å². The van der Waals surface area contributed by atoms with Gasteiger partial charge < -0.3 is 13.3 Å². The molecule has 0 fully saturated rings. The van der Waals surface area contributed by atoms with E-state index >= 15 is 0 Å². The van der Waals surface area contributed by atoms with Crippen molar-refractivity contribution in [1.82, 2.24) is 0 Å². The Labute approximate surface area is 273 Å². The summed E-state index contributed by atoms with van der Waals surface area (Å²) in [4.78, 5) is 0. The van der Waals surface area contributed by atoms with Gasteiger partial charge in [0.2, 0.25) is 0 Å². The summed E-state index contributed by atoms with van der Waals surface area (Å²) < 4.78 is 17.2. The van der Waals surface area contributed by atoms with Crippen LogP contribution in [0.1, 0.15) is 187 Å². The molecule has 44 heavy (non-hydrogen) atoms. The highest BCUT2D eigenvalue weighted by Crippen LogP contribution is 2.42. The summed E-state index contributed by atoms with van der Waals surface area (Å²) >= 11 is 0. The standard InChI is InChI=1S/C15H26O.2C13H22O/c1-10(2)12-8-13(16-9-12)14(11(3)4)15(5,6)7;1-8(2)13(9(3)4)12-7-10(5)11(6)14-12;1-6-12(10(4)5)13-7-11(8-14-13)9(2)3/h8-11,14H,1-7H3;7-9,13H,1-6H3;7-10,12H,6H2,1-5H3/t14-;;12-/m0.0/s1. The van der Waals surface area contributed by atoms with Crippen LogP contribution < -0.4 is 0 Å². The molecule has 0 amide bonds. The van der Waals surface area contributed by atoms with Crippen LogP contribution in [0, 0.1) is 42.9 Å². The van der Waals surface area contributed by atoms with E-state index < -0.39 is 0 Å². The smallest absolute Gasteiger partial charge is 0.108 e. The van der Waals surface area contributed by atoms with Crippen molar-refractivity contribution in [3.63, 3.8) is 0 Å². The summed E-state index contributed by atoms with van der Waals surface area (Å²) in [5.74, 6) is 9.78. The Morgan fingerprint density at radius 2 is 1.05 bits per heavy atom. The van der Waals surface area contributed by atoms with Gasteiger partial charge in [-0.15, -0.1) is 0 Å². The highest BCUT2D eigenvalue weighted by molar-refractivity contribution is 5.22. The summed E-state index contributed by atoms with van der Waals surface area (Å²) in [6.45, 7) is 40.1. The molecule has 0 spiro atoms. The summed E-state index contributed by atoms with van der Waals surface area (Å²) in [5.41, 5.74) is 4.15. The largest absolute Gasteiger partial charge is 0.469 e. The minimum Gasteiger partial charge on any atom is -0.469 e. The Morgan fingerprint density at radius 3 is 1.34 bits per heavy atom. The summed E-state index contributed by atoms with van der Waals surface area (Å²) in [5, 5.41) is 0. The molecule has 0 saturated heterocycles. The van der Waals surface area contributed by atoms with Gasteiger partial charge in [0.25, 0.3) is 0 Å². The molecule has 0 aliphatic carbocycles. The van der Waals surface area contributed by atoms with Gasteiger partial charge in [0, 0.05) is 17.8 Å². The molecule has 0 N–H and O–H groups in total. The Kier molecular flexibility index (Phi) is 15.9. The van der Waals surface area contributed by atoms with Crippen LogP contribution >= 0.6 is 0 Å². The van der Waals surface area contributed by atoms with Crippen molar-refractivity contribution >= 4 is 0 Å². The molecule has 0 aliphatic rings. The van der Waals surface area contributed by atoms with Crippen molar-refractivity contribution in [1.29, 1.82) is 0 Å². The van der Waals surface area contributed by atoms with E-state index in [1.165, 1.54) is 16.7 Å². The fourth-order valence-electron chi connectivity index (χ4n) is 6.65. The fourth-order valence-corrected chi connectivity index (χ4v) is 6.65. The average molecular weight is 611 g/mol. The number of hydrogen-bond acceptors (Lipinski definition) is 3. The van der Waals surface area contributed by atoms with E-state index in [1.807, 2.05) is 19.5 Å². The van der Waals surface area contributed by atoms with Crippen molar-refractivity contribution in [2.24, 2.45) is 29.1 Å². The minimum atomic E-state index is 0.250. The van der Waals surface area contributed by atoms with Gasteiger partial charge in [-0.2, -0.15) is 0 Å². The second-order valence-corrected chi connectivity index (χ2v) is 16.1. The first-order valence-electron chi connectivity index (χ1n) is 17.5. The van der Waals surface area contributed by atoms with Gasteiger partial charge in [-0.25, -0.2) is 0 Å². The van der Waals surface area contributed by atoms with E-state index in [0.29, 0.717) is 53.3 Å².